The summed E-state index contributed by atoms with van der Waals surface area (Å²) in [4.78, 5) is 11.7. The molecule has 1 aliphatic carbocycles. The highest BCUT2D eigenvalue weighted by Gasteiger charge is 2.26. The molecular formula is C14H17NO2. The second kappa shape index (κ2) is 4.15. The Bertz CT molecular complexity index is 452. The zero-order chi connectivity index (χ0) is 11.8. The van der Waals surface area contributed by atoms with E-state index in [0.717, 1.165) is 36.1 Å². The van der Waals surface area contributed by atoms with Crippen LogP contribution in [0, 0.1) is 5.92 Å². The summed E-state index contributed by atoms with van der Waals surface area (Å²) in [5, 5.41) is 12.9. The summed E-state index contributed by atoms with van der Waals surface area (Å²) in [6.07, 6.45) is 3.79. The van der Waals surface area contributed by atoms with Crippen molar-refractivity contribution in [3.63, 3.8) is 0 Å². The molecule has 1 aromatic rings. The molecule has 2 N–H and O–H groups in total. The van der Waals surface area contributed by atoms with Gasteiger partial charge in [0.05, 0.1) is 6.10 Å². The summed E-state index contributed by atoms with van der Waals surface area (Å²) >= 11 is 0. The molecule has 1 heterocycles. The van der Waals surface area contributed by atoms with Crippen molar-refractivity contribution >= 4 is 5.91 Å². The van der Waals surface area contributed by atoms with E-state index in [0.29, 0.717) is 5.92 Å². The number of carbonyl (C=O) groups excluding carboxylic acids is 1. The van der Waals surface area contributed by atoms with E-state index in [9.17, 15) is 9.90 Å². The van der Waals surface area contributed by atoms with Crippen LogP contribution in [-0.4, -0.2) is 17.6 Å². The Morgan fingerprint density at radius 3 is 3.00 bits per heavy atom. The van der Waals surface area contributed by atoms with Crippen LogP contribution in [0.25, 0.3) is 0 Å². The van der Waals surface area contributed by atoms with E-state index in [2.05, 4.69) is 5.32 Å². The fraction of sp³-hybridized carbons (Fsp3) is 0.500. The van der Waals surface area contributed by atoms with Gasteiger partial charge in [-0.3, -0.25) is 4.79 Å². The van der Waals surface area contributed by atoms with Gasteiger partial charge in [0.25, 0.3) is 5.91 Å². The number of aliphatic hydroxyl groups excluding tert-OH is 1. The molecule has 1 fully saturated rings. The van der Waals surface area contributed by atoms with Crippen molar-refractivity contribution < 1.29 is 9.90 Å². The van der Waals surface area contributed by atoms with Crippen LogP contribution in [0.3, 0.4) is 0 Å². The third-order valence-corrected chi connectivity index (χ3v) is 3.70. The van der Waals surface area contributed by atoms with Crippen LogP contribution < -0.4 is 5.32 Å². The fourth-order valence-electron chi connectivity index (χ4n) is 2.44. The summed E-state index contributed by atoms with van der Waals surface area (Å²) in [7, 11) is 0. The van der Waals surface area contributed by atoms with Crippen molar-refractivity contribution in [1.29, 1.82) is 0 Å². The zero-order valence-corrected chi connectivity index (χ0v) is 9.78. The first-order valence-electron chi connectivity index (χ1n) is 6.33. The zero-order valence-electron chi connectivity index (χ0n) is 9.78. The van der Waals surface area contributed by atoms with Gasteiger partial charge in [-0.05, 0) is 36.0 Å². The lowest BCUT2D eigenvalue weighted by atomic mass is 9.94. The second-order valence-electron chi connectivity index (χ2n) is 5.12. The molecule has 3 nitrogen and oxygen atoms in total. The largest absolute Gasteiger partial charge is 0.388 e. The maximum Gasteiger partial charge on any atom is 0.251 e. The number of aliphatic hydroxyl groups is 1. The molecule has 0 aromatic heterocycles. The highest BCUT2D eigenvalue weighted by atomic mass is 16.3. The van der Waals surface area contributed by atoms with Crippen LogP contribution in [0.4, 0.5) is 0 Å². The number of rotatable bonds is 3. The molecular weight excluding hydrogens is 214 g/mol. The molecule has 0 bridgehead atoms. The molecule has 1 aromatic carbocycles. The van der Waals surface area contributed by atoms with E-state index < -0.39 is 6.10 Å². The van der Waals surface area contributed by atoms with E-state index in [-0.39, 0.29) is 5.91 Å². The predicted molar refractivity (Wildman–Crippen MR) is 64.8 cm³/mol. The maximum atomic E-state index is 11.7. The van der Waals surface area contributed by atoms with E-state index in [1.807, 2.05) is 18.2 Å². The highest BCUT2D eigenvalue weighted by molar-refractivity contribution is 5.96. The summed E-state index contributed by atoms with van der Waals surface area (Å²) < 4.78 is 0. The summed E-state index contributed by atoms with van der Waals surface area (Å²) in [5.74, 6) is 0.682. The van der Waals surface area contributed by atoms with Crippen LogP contribution in [0.5, 0.6) is 0 Å². The van der Waals surface area contributed by atoms with Gasteiger partial charge in [0.15, 0.2) is 0 Å². The number of hydrogen-bond donors (Lipinski definition) is 2. The lowest BCUT2D eigenvalue weighted by molar-refractivity contribution is 0.0945. The Balaban J connectivity index is 1.85. The monoisotopic (exact) mass is 231 g/mol. The van der Waals surface area contributed by atoms with Gasteiger partial charge in [-0.1, -0.05) is 25.0 Å². The van der Waals surface area contributed by atoms with Crippen LogP contribution in [0.1, 0.15) is 46.9 Å². The van der Waals surface area contributed by atoms with Crippen LogP contribution in [0.2, 0.25) is 0 Å². The predicted octanol–water partition coefficient (Wildman–Crippen LogP) is 1.81. The number of fused-ring (bicyclic) bond motifs is 1. The SMILES string of the molecule is O=C1NCCc2ccc(C(O)CC3CC3)cc21. The summed E-state index contributed by atoms with van der Waals surface area (Å²) in [5.41, 5.74) is 2.72. The molecule has 17 heavy (non-hydrogen) atoms. The maximum absolute atomic E-state index is 11.7. The number of nitrogens with one attached hydrogen (secondary N) is 1. The minimum atomic E-state index is -0.414. The van der Waals surface area contributed by atoms with Crippen molar-refractivity contribution in [2.45, 2.75) is 31.8 Å². The van der Waals surface area contributed by atoms with Gasteiger partial charge in [-0.15, -0.1) is 0 Å². The summed E-state index contributed by atoms with van der Waals surface area (Å²) in [6.45, 7) is 0.718. The van der Waals surface area contributed by atoms with Crippen molar-refractivity contribution in [2.24, 2.45) is 5.92 Å². The molecule has 0 spiro atoms. The molecule has 0 saturated heterocycles. The molecule has 1 unspecified atom stereocenters. The second-order valence-corrected chi connectivity index (χ2v) is 5.12. The Morgan fingerprint density at radius 1 is 1.41 bits per heavy atom. The molecule has 1 atom stereocenters. The smallest absolute Gasteiger partial charge is 0.251 e. The molecule has 3 rings (SSSR count). The standard InChI is InChI=1S/C14H17NO2/c16-13(7-9-1-2-9)11-4-3-10-5-6-15-14(17)12(10)8-11/h3-4,8-9,13,16H,1-2,5-7H2,(H,15,17). The number of benzene rings is 1. The first kappa shape index (κ1) is 10.8. The van der Waals surface area contributed by atoms with Gasteiger partial charge in [0.2, 0.25) is 0 Å². The van der Waals surface area contributed by atoms with Crippen molar-refractivity contribution in [3.8, 4) is 0 Å². The number of hydrogen-bond acceptors (Lipinski definition) is 2. The van der Waals surface area contributed by atoms with Gasteiger partial charge in [0, 0.05) is 12.1 Å². The van der Waals surface area contributed by atoms with E-state index in [4.69, 9.17) is 0 Å². The third-order valence-electron chi connectivity index (χ3n) is 3.70. The Labute approximate surface area is 101 Å². The molecule has 1 amide bonds. The van der Waals surface area contributed by atoms with Crippen LogP contribution in [-0.2, 0) is 6.42 Å². The molecule has 90 valence electrons. The number of carbonyl (C=O) groups is 1. The molecule has 0 radical (unpaired) electrons. The molecule has 1 saturated carbocycles. The van der Waals surface area contributed by atoms with Crippen LogP contribution in [0.15, 0.2) is 18.2 Å². The van der Waals surface area contributed by atoms with Crippen LogP contribution >= 0.6 is 0 Å². The normalized spacial score (nSPS) is 20.6. The van der Waals surface area contributed by atoms with Gasteiger partial charge in [-0.25, -0.2) is 0 Å². The molecule has 2 aliphatic rings. The van der Waals surface area contributed by atoms with E-state index in [1.165, 1.54) is 12.8 Å². The van der Waals surface area contributed by atoms with Gasteiger partial charge >= 0.3 is 0 Å². The quantitative estimate of drug-likeness (QED) is 0.833. The van der Waals surface area contributed by atoms with Gasteiger partial charge < -0.3 is 10.4 Å². The lowest BCUT2D eigenvalue weighted by Gasteiger charge is -2.19. The third kappa shape index (κ3) is 2.20. The van der Waals surface area contributed by atoms with Crippen molar-refractivity contribution in [3.05, 3.63) is 34.9 Å². The van der Waals surface area contributed by atoms with Gasteiger partial charge in [-0.2, -0.15) is 0 Å². The van der Waals surface area contributed by atoms with Crippen molar-refractivity contribution in [2.75, 3.05) is 6.54 Å². The van der Waals surface area contributed by atoms with Gasteiger partial charge in [0.1, 0.15) is 0 Å². The Kier molecular flexibility index (Phi) is 2.63. The lowest BCUT2D eigenvalue weighted by Crippen LogP contribution is -2.31. The minimum Gasteiger partial charge on any atom is -0.388 e. The van der Waals surface area contributed by atoms with E-state index in [1.54, 1.807) is 0 Å². The average Bonchev–Trinajstić information content (AvgIpc) is 3.13. The molecule has 1 aliphatic heterocycles. The van der Waals surface area contributed by atoms with Crippen molar-refractivity contribution in [1.82, 2.24) is 5.32 Å². The number of amides is 1. The highest BCUT2D eigenvalue weighted by Crippen LogP contribution is 2.37. The average molecular weight is 231 g/mol. The Hall–Kier alpha value is -1.35. The fourth-order valence-corrected chi connectivity index (χ4v) is 2.44. The minimum absolute atomic E-state index is 0.00766. The first-order chi connectivity index (χ1) is 8.24. The van der Waals surface area contributed by atoms with E-state index >= 15 is 0 Å². The summed E-state index contributed by atoms with van der Waals surface area (Å²) in [6, 6.07) is 5.81. The Morgan fingerprint density at radius 2 is 2.24 bits per heavy atom. The first-order valence-corrected chi connectivity index (χ1v) is 6.33. The molecule has 3 heteroatoms. The topological polar surface area (TPSA) is 49.3 Å².